The zero-order valence-electron chi connectivity index (χ0n) is 19.0. The number of hydrogen-bond acceptors (Lipinski definition) is 6. The monoisotopic (exact) mass is 434 g/mol. The van der Waals surface area contributed by atoms with E-state index in [1.165, 1.54) is 5.56 Å². The van der Waals surface area contributed by atoms with Crippen molar-refractivity contribution in [3.8, 4) is 17.1 Å². The third-order valence-corrected chi connectivity index (χ3v) is 5.73. The molecule has 0 unspecified atom stereocenters. The number of rotatable bonds is 7. The highest BCUT2D eigenvalue weighted by molar-refractivity contribution is 5.94. The van der Waals surface area contributed by atoms with Crippen molar-refractivity contribution in [2.24, 2.45) is 0 Å². The standard InChI is InChI=1S/C25H30N4O3/c1-4-31-22-11-9-20(10-12-22)24-26-23(32-27-24)17-28-13-15-29(16-14-28)25(30)21-7-5-19(6-8-21)18(2)3/h5-12,18H,4,13-17H2,1-3H3. The lowest BCUT2D eigenvalue weighted by molar-refractivity contribution is 0.0615. The smallest absolute Gasteiger partial charge is 0.253 e. The summed E-state index contributed by atoms with van der Waals surface area (Å²) in [6.07, 6.45) is 0. The van der Waals surface area contributed by atoms with Gasteiger partial charge in [-0.15, -0.1) is 0 Å². The third kappa shape index (κ3) is 5.16. The van der Waals surface area contributed by atoms with Crippen molar-refractivity contribution in [1.29, 1.82) is 0 Å². The van der Waals surface area contributed by atoms with Crippen molar-refractivity contribution >= 4 is 5.91 Å². The first-order valence-electron chi connectivity index (χ1n) is 11.2. The Morgan fingerprint density at radius 1 is 1.03 bits per heavy atom. The molecule has 4 rings (SSSR count). The molecular formula is C25H30N4O3. The molecule has 0 aliphatic carbocycles. The lowest BCUT2D eigenvalue weighted by Crippen LogP contribution is -2.48. The molecule has 2 heterocycles. The quantitative estimate of drug-likeness (QED) is 0.555. The van der Waals surface area contributed by atoms with Crippen LogP contribution >= 0.6 is 0 Å². The van der Waals surface area contributed by atoms with E-state index in [2.05, 4.69) is 28.9 Å². The van der Waals surface area contributed by atoms with Gasteiger partial charge in [0.05, 0.1) is 13.2 Å². The largest absolute Gasteiger partial charge is 0.494 e. The number of benzene rings is 2. The van der Waals surface area contributed by atoms with Crippen LogP contribution in [0.15, 0.2) is 53.1 Å². The van der Waals surface area contributed by atoms with E-state index in [0.29, 0.717) is 43.9 Å². The normalized spacial score (nSPS) is 14.7. The van der Waals surface area contributed by atoms with Crippen LogP contribution in [0.1, 0.15) is 48.5 Å². The molecule has 1 amide bonds. The van der Waals surface area contributed by atoms with E-state index in [9.17, 15) is 4.79 Å². The summed E-state index contributed by atoms with van der Waals surface area (Å²) in [6, 6.07) is 15.6. The van der Waals surface area contributed by atoms with Crippen LogP contribution in [-0.2, 0) is 6.54 Å². The molecule has 1 aliphatic heterocycles. The van der Waals surface area contributed by atoms with Crippen LogP contribution in [0.3, 0.4) is 0 Å². The number of carbonyl (C=O) groups is 1. The van der Waals surface area contributed by atoms with E-state index in [1.54, 1.807) is 0 Å². The molecule has 7 heteroatoms. The van der Waals surface area contributed by atoms with Crippen LogP contribution in [0, 0.1) is 0 Å². The van der Waals surface area contributed by atoms with Crippen LogP contribution in [0.25, 0.3) is 11.4 Å². The van der Waals surface area contributed by atoms with Gasteiger partial charge in [0.25, 0.3) is 5.91 Å². The molecule has 168 valence electrons. The third-order valence-electron chi connectivity index (χ3n) is 5.73. The Labute approximate surface area is 189 Å². The van der Waals surface area contributed by atoms with E-state index in [0.717, 1.165) is 30.0 Å². The predicted octanol–water partition coefficient (Wildman–Crippen LogP) is 4.22. The van der Waals surface area contributed by atoms with Gasteiger partial charge in [-0.3, -0.25) is 9.69 Å². The second-order valence-corrected chi connectivity index (χ2v) is 8.31. The lowest BCUT2D eigenvalue weighted by atomic mass is 10.0. The van der Waals surface area contributed by atoms with Gasteiger partial charge in [-0.05, 0) is 54.8 Å². The molecule has 32 heavy (non-hydrogen) atoms. The fourth-order valence-corrected chi connectivity index (χ4v) is 3.80. The highest BCUT2D eigenvalue weighted by Crippen LogP contribution is 2.21. The van der Waals surface area contributed by atoms with Crippen LogP contribution in [-0.4, -0.2) is 58.6 Å². The SMILES string of the molecule is CCOc1ccc(-c2noc(CN3CCN(C(=O)c4ccc(C(C)C)cc4)CC3)n2)cc1. The molecular weight excluding hydrogens is 404 g/mol. The van der Waals surface area contributed by atoms with Gasteiger partial charge in [-0.2, -0.15) is 4.98 Å². The summed E-state index contributed by atoms with van der Waals surface area (Å²) in [6.45, 7) is 10.4. The highest BCUT2D eigenvalue weighted by Gasteiger charge is 2.23. The van der Waals surface area contributed by atoms with Crippen LogP contribution < -0.4 is 4.74 Å². The summed E-state index contributed by atoms with van der Waals surface area (Å²) in [5.41, 5.74) is 2.89. The second-order valence-electron chi connectivity index (χ2n) is 8.31. The molecule has 0 atom stereocenters. The maximum Gasteiger partial charge on any atom is 0.253 e. The van der Waals surface area contributed by atoms with Gasteiger partial charge in [0.1, 0.15) is 5.75 Å². The molecule has 1 aromatic heterocycles. The zero-order chi connectivity index (χ0) is 22.5. The van der Waals surface area contributed by atoms with E-state index in [1.807, 2.05) is 60.4 Å². The van der Waals surface area contributed by atoms with Crippen molar-refractivity contribution in [3.63, 3.8) is 0 Å². The average molecular weight is 435 g/mol. The van der Waals surface area contributed by atoms with Gasteiger partial charge in [-0.1, -0.05) is 31.1 Å². The van der Waals surface area contributed by atoms with Gasteiger partial charge in [0.15, 0.2) is 0 Å². The highest BCUT2D eigenvalue weighted by atomic mass is 16.5. The first-order valence-corrected chi connectivity index (χ1v) is 11.2. The van der Waals surface area contributed by atoms with Crippen molar-refractivity contribution in [1.82, 2.24) is 19.9 Å². The minimum absolute atomic E-state index is 0.0931. The van der Waals surface area contributed by atoms with Crippen LogP contribution in [0.5, 0.6) is 5.75 Å². The predicted molar refractivity (Wildman–Crippen MR) is 123 cm³/mol. The number of piperazine rings is 1. The minimum atomic E-state index is 0.0931. The summed E-state index contributed by atoms with van der Waals surface area (Å²) >= 11 is 0. The number of amides is 1. The Hall–Kier alpha value is -3.19. The molecule has 2 aromatic carbocycles. The van der Waals surface area contributed by atoms with Gasteiger partial charge >= 0.3 is 0 Å². The topological polar surface area (TPSA) is 71.7 Å². The Kier molecular flexibility index (Phi) is 6.85. The summed E-state index contributed by atoms with van der Waals surface area (Å²) in [5, 5.41) is 4.11. The minimum Gasteiger partial charge on any atom is -0.494 e. The zero-order valence-corrected chi connectivity index (χ0v) is 19.0. The molecule has 7 nitrogen and oxygen atoms in total. The fraction of sp³-hybridized carbons (Fsp3) is 0.400. The molecule has 1 saturated heterocycles. The molecule has 1 aliphatic rings. The van der Waals surface area contributed by atoms with Crippen molar-refractivity contribution < 1.29 is 14.1 Å². The van der Waals surface area contributed by atoms with Gasteiger partial charge in [0, 0.05) is 37.3 Å². The maximum absolute atomic E-state index is 12.8. The van der Waals surface area contributed by atoms with Gasteiger partial charge < -0.3 is 14.2 Å². The number of hydrogen-bond donors (Lipinski definition) is 0. The van der Waals surface area contributed by atoms with Crippen molar-refractivity contribution in [3.05, 3.63) is 65.5 Å². The van der Waals surface area contributed by atoms with Crippen LogP contribution in [0.2, 0.25) is 0 Å². The summed E-state index contributed by atoms with van der Waals surface area (Å²) in [4.78, 5) is 21.5. The van der Waals surface area contributed by atoms with Crippen molar-refractivity contribution in [2.45, 2.75) is 33.2 Å². The fourth-order valence-electron chi connectivity index (χ4n) is 3.80. The Morgan fingerprint density at radius 2 is 1.72 bits per heavy atom. The van der Waals surface area contributed by atoms with Gasteiger partial charge in [0.2, 0.25) is 11.7 Å². The second kappa shape index (κ2) is 9.96. The summed E-state index contributed by atoms with van der Waals surface area (Å²) < 4.78 is 10.9. The van der Waals surface area contributed by atoms with E-state index < -0.39 is 0 Å². The van der Waals surface area contributed by atoms with Crippen LogP contribution in [0.4, 0.5) is 0 Å². The van der Waals surface area contributed by atoms with E-state index >= 15 is 0 Å². The molecule has 0 spiro atoms. The number of carbonyl (C=O) groups excluding carboxylic acids is 1. The van der Waals surface area contributed by atoms with Gasteiger partial charge in [-0.25, -0.2) is 0 Å². The molecule has 0 radical (unpaired) electrons. The summed E-state index contributed by atoms with van der Waals surface area (Å²) in [5.74, 6) is 2.53. The first kappa shape index (κ1) is 22.0. The Morgan fingerprint density at radius 3 is 2.34 bits per heavy atom. The Bertz CT molecular complexity index is 1020. The molecule has 0 N–H and O–H groups in total. The van der Waals surface area contributed by atoms with E-state index in [-0.39, 0.29) is 5.91 Å². The maximum atomic E-state index is 12.8. The molecule has 0 bridgehead atoms. The Balaban J connectivity index is 1.30. The number of aromatic nitrogens is 2. The number of ether oxygens (including phenoxy) is 1. The summed E-state index contributed by atoms with van der Waals surface area (Å²) in [7, 11) is 0. The average Bonchev–Trinajstić information content (AvgIpc) is 3.28. The lowest BCUT2D eigenvalue weighted by Gasteiger charge is -2.34. The number of nitrogens with zero attached hydrogens (tertiary/aromatic N) is 4. The molecule has 1 fully saturated rings. The first-order chi connectivity index (χ1) is 15.5. The van der Waals surface area contributed by atoms with E-state index in [4.69, 9.17) is 9.26 Å². The molecule has 3 aromatic rings. The molecule has 0 saturated carbocycles. The van der Waals surface area contributed by atoms with Crippen molar-refractivity contribution in [2.75, 3.05) is 32.8 Å².